The highest BCUT2D eigenvalue weighted by Crippen LogP contribution is 2.16. The van der Waals surface area contributed by atoms with Crippen LogP contribution in [0.5, 0.6) is 0 Å². The Bertz CT molecular complexity index is 533. The van der Waals surface area contributed by atoms with Crippen LogP contribution in [0.4, 0.5) is 10.3 Å². The van der Waals surface area contributed by atoms with E-state index in [-0.39, 0.29) is 5.82 Å². The van der Waals surface area contributed by atoms with Crippen molar-refractivity contribution in [3.63, 3.8) is 0 Å². The van der Waals surface area contributed by atoms with Gasteiger partial charge in [-0.15, -0.1) is 6.58 Å². The molecule has 0 radical (unpaired) electrons. The molecule has 17 heavy (non-hydrogen) atoms. The molecule has 0 atom stereocenters. The summed E-state index contributed by atoms with van der Waals surface area (Å²) < 4.78 is 14.9. The Kier molecular flexibility index (Phi) is 3.18. The normalized spacial score (nSPS) is 10.2. The lowest BCUT2D eigenvalue weighted by atomic mass is 10.4. The molecule has 0 aromatic carbocycles. The number of imidazole rings is 1. The highest BCUT2D eigenvalue weighted by molar-refractivity contribution is 5.42. The molecule has 0 aliphatic heterocycles. The summed E-state index contributed by atoms with van der Waals surface area (Å²) in [6, 6.07) is 1.41. The van der Waals surface area contributed by atoms with Gasteiger partial charge in [-0.25, -0.2) is 9.37 Å². The van der Waals surface area contributed by atoms with Gasteiger partial charge in [0.1, 0.15) is 5.82 Å². The molecule has 0 aliphatic rings. The minimum atomic E-state index is -0.372. The van der Waals surface area contributed by atoms with E-state index in [1.807, 2.05) is 13.1 Å². The lowest BCUT2D eigenvalue weighted by molar-refractivity contribution is 0.620. The van der Waals surface area contributed by atoms with Crippen LogP contribution in [0.1, 0.15) is 5.69 Å². The summed E-state index contributed by atoms with van der Waals surface area (Å²) >= 11 is 0. The molecule has 0 saturated carbocycles. The van der Waals surface area contributed by atoms with E-state index in [0.717, 1.165) is 5.69 Å². The maximum Gasteiger partial charge on any atom is 0.208 e. The summed E-state index contributed by atoms with van der Waals surface area (Å²) in [7, 11) is 0. The predicted molar refractivity (Wildman–Crippen MR) is 64.7 cm³/mol. The zero-order valence-electron chi connectivity index (χ0n) is 9.52. The third-order valence-electron chi connectivity index (χ3n) is 2.20. The number of pyridine rings is 1. The summed E-state index contributed by atoms with van der Waals surface area (Å²) in [4.78, 5) is 8.13. The van der Waals surface area contributed by atoms with E-state index in [1.54, 1.807) is 16.8 Å². The number of aryl methyl sites for hydroxylation is 1. The van der Waals surface area contributed by atoms with Gasteiger partial charge in [0, 0.05) is 18.8 Å². The van der Waals surface area contributed by atoms with Crippen molar-refractivity contribution in [1.82, 2.24) is 14.5 Å². The van der Waals surface area contributed by atoms with Crippen LogP contribution in [0.2, 0.25) is 0 Å². The van der Waals surface area contributed by atoms with Gasteiger partial charge in [-0.3, -0.25) is 9.55 Å². The van der Waals surface area contributed by atoms with Gasteiger partial charge < -0.3 is 5.32 Å². The van der Waals surface area contributed by atoms with Crippen molar-refractivity contribution in [2.24, 2.45) is 0 Å². The van der Waals surface area contributed by atoms with E-state index in [0.29, 0.717) is 18.2 Å². The van der Waals surface area contributed by atoms with Crippen molar-refractivity contribution in [1.29, 1.82) is 0 Å². The predicted octanol–water partition coefficient (Wildman–Crippen LogP) is 2.31. The minimum absolute atomic E-state index is 0.372. The number of rotatable bonds is 4. The highest BCUT2D eigenvalue weighted by atomic mass is 19.1. The van der Waals surface area contributed by atoms with Crippen LogP contribution in [0, 0.1) is 12.7 Å². The number of anilines is 1. The molecule has 2 heterocycles. The van der Waals surface area contributed by atoms with E-state index in [4.69, 9.17) is 0 Å². The minimum Gasteiger partial charge on any atom is -0.352 e. The molecule has 0 unspecified atom stereocenters. The van der Waals surface area contributed by atoms with E-state index >= 15 is 0 Å². The van der Waals surface area contributed by atoms with Crippen molar-refractivity contribution in [2.45, 2.75) is 6.92 Å². The van der Waals surface area contributed by atoms with Gasteiger partial charge in [0.05, 0.1) is 23.8 Å². The standard InChI is InChI=1S/C12H13FN4/c1-3-4-15-12-16-9(2)8-17(12)11-5-10(13)6-14-7-11/h3,5-8H,1,4H2,2H3,(H,15,16). The van der Waals surface area contributed by atoms with Gasteiger partial charge >= 0.3 is 0 Å². The fourth-order valence-electron chi connectivity index (χ4n) is 1.52. The van der Waals surface area contributed by atoms with Crippen LogP contribution >= 0.6 is 0 Å². The number of hydrogen-bond donors (Lipinski definition) is 1. The molecule has 0 amide bonds. The van der Waals surface area contributed by atoms with E-state index in [9.17, 15) is 4.39 Å². The summed E-state index contributed by atoms with van der Waals surface area (Å²) in [6.45, 7) is 6.10. The quantitative estimate of drug-likeness (QED) is 0.822. The fraction of sp³-hybridized carbons (Fsp3) is 0.167. The van der Waals surface area contributed by atoms with E-state index in [1.165, 1.54) is 12.3 Å². The Morgan fingerprint density at radius 3 is 3.06 bits per heavy atom. The molecule has 5 heteroatoms. The van der Waals surface area contributed by atoms with Gasteiger partial charge in [0.2, 0.25) is 5.95 Å². The third-order valence-corrected chi connectivity index (χ3v) is 2.20. The molecule has 4 nitrogen and oxygen atoms in total. The Hall–Kier alpha value is -2.17. The number of nitrogens with one attached hydrogen (secondary N) is 1. The van der Waals surface area contributed by atoms with Crippen molar-refractivity contribution in [2.75, 3.05) is 11.9 Å². The molecule has 2 aromatic heterocycles. The second-order valence-corrected chi connectivity index (χ2v) is 3.61. The highest BCUT2D eigenvalue weighted by Gasteiger charge is 2.07. The number of halogens is 1. The van der Waals surface area contributed by atoms with Crippen LogP contribution in [0.25, 0.3) is 5.69 Å². The molecule has 88 valence electrons. The Labute approximate surface area is 98.8 Å². The zero-order valence-corrected chi connectivity index (χ0v) is 9.52. The largest absolute Gasteiger partial charge is 0.352 e. The number of nitrogens with zero attached hydrogens (tertiary/aromatic N) is 3. The molecule has 1 N–H and O–H groups in total. The second kappa shape index (κ2) is 4.78. The second-order valence-electron chi connectivity index (χ2n) is 3.61. The van der Waals surface area contributed by atoms with Crippen LogP contribution in [0.3, 0.4) is 0 Å². The molecule has 0 fully saturated rings. The van der Waals surface area contributed by atoms with Gasteiger partial charge in [0.25, 0.3) is 0 Å². The fourth-order valence-corrected chi connectivity index (χ4v) is 1.52. The summed E-state index contributed by atoms with van der Waals surface area (Å²) in [5.41, 5.74) is 1.48. The number of hydrogen-bond acceptors (Lipinski definition) is 3. The van der Waals surface area contributed by atoms with Gasteiger partial charge in [-0.1, -0.05) is 6.08 Å². The van der Waals surface area contributed by atoms with Gasteiger partial charge in [-0.05, 0) is 6.92 Å². The molecule has 2 rings (SSSR count). The van der Waals surface area contributed by atoms with Crippen LogP contribution in [-0.2, 0) is 0 Å². The number of aromatic nitrogens is 3. The van der Waals surface area contributed by atoms with Crippen LogP contribution in [-0.4, -0.2) is 21.1 Å². The third kappa shape index (κ3) is 2.50. The first-order valence-corrected chi connectivity index (χ1v) is 5.22. The van der Waals surface area contributed by atoms with Crippen molar-refractivity contribution >= 4 is 5.95 Å². The van der Waals surface area contributed by atoms with E-state index in [2.05, 4.69) is 21.9 Å². The molecule has 0 spiro atoms. The van der Waals surface area contributed by atoms with Crippen molar-refractivity contribution in [3.8, 4) is 5.69 Å². The Morgan fingerprint density at radius 1 is 1.53 bits per heavy atom. The first-order chi connectivity index (χ1) is 8.20. The zero-order chi connectivity index (χ0) is 12.3. The maximum absolute atomic E-state index is 13.1. The molecular weight excluding hydrogens is 219 g/mol. The summed E-state index contributed by atoms with van der Waals surface area (Å²) in [5, 5.41) is 3.09. The van der Waals surface area contributed by atoms with Gasteiger partial charge in [0.15, 0.2) is 0 Å². The average molecular weight is 232 g/mol. The smallest absolute Gasteiger partial charge is 0.208 e. The van der Waals surface area contributed by atoms with E-state index < -0.39 is 0 Å². The monoisotopic (exact) mass is 232 g/mol. The molecule has 0 bridgehead atoms. The SMILES string of the molecule is C=CCNc1nc(C)cn1-c1cncc(F)c1. The first kappa shape index (κ1) is 11.3. The first-order valence-electron chi connectivity index (χ1n) is 5.22. The van der Waals surface area contributed by atoms with Crippen molar-refractivity contribution in [3.05, 3.63) is 48.8 Å². The molecular formula is C12H13FN4. The van der Waals surface area contributed by atoms with Gasteiger partial charge in [-0.2, -0.15) is 0 Å². The topological polar surface area (TPSA) is 42.7 Å². The molecule has 0 aliphatic carbocycles. The van der Waals surface area contributed by atoms with Crippen LogP contribution in [0.15, 0.2) is 37.3 Å². The maximum atomic E-state index is 13.1. The lowest BCUT2D eigenvalue weighted by Gasteiger charge is -2.07. The van der Waals surface area contributed by atoms with Crippen LogP contribution < -0.4 is 5.32 Å². The van der Waals surface area contributed by atoms with Crippen molar-refractivity contribution < 1.29 is 4.39 Å². The summed E-state index contributed by atoms with van der Waals surface area (Å²) in [5.74, 6) is 0.276. The summed E-state index contributed by atoms with van der Waals surface area (Å²) in [6.07, 6.45) is 6.31. The average Bonchev–Trinajstić information content (AvgIpc) is 2.68. The lowest BCUT2D eigenvalue weighted by Crippen LogP contribution is -2.06. The Balaban J connectivity index is 2.40. The Morgan fingerprint density at radius 2 is 2.35 bits per heavy atom. The molecule has 2 aromatic rings. The molecule has 0 saturated heterocycles.